The van der Waals surface area contributed by atoms with Crippen LogP contribution >= 0.6 is 0 Å². The van der Waals surface area contributed by atoms with E-state index in [1.54, 1.807) is 42.2 Å². The highest BCUT2D eigenvalue weighted by Gasteiger charge is 2.33. The summed E-state index contributed by atoms with van der Waals surface area (Å²) in [6.07, 6.45) is 5.42. The number of aldehydes is 1. The number of halogens is 2. The van der Waals surface area contributed by atoms with E-state index in [2.05, 4.69) is 20.4 Å². The van der Waals surface area contributed by atoms with Crippen molar-refractivity contribution < 1.29 is 37.4 Å². The number of carbonyl (C=O) groups excluding carboxylic acids is 4. The monoisotopic (exact) mass is 604 g/mol. The summed E-state index contributed by atoms with van der Waals surface area (Å²) in [4.78, 5) is 51.6. The van der Waals surface area contributed by atoms with Crippen LogP contribution in [0.25, 0.3) is 0 Å². The summed E-state index contributed by atoms with van der Waals surface area (Å²) < 4.78 is 39.1. The first-order chi connectivity index (χ1) is 20.8. The van der Waals surface area contributed by atoms with Gasteiger partial charge in [-0.25, -0.2) is 13.6 Å². The van der Waals surface area contributed by atoms with Gasteiger partial charge in [-0.15, -0.1) is 0 Å². The number of pyridine rings is 1. The Morgan fingerprint density at radius 1 is 1.12 bits per heavy atom. The highest BCUT2D eigenvalue weighted by Crippen LogP contribution is 2.31. The van der Waals surface area contributed by atoms with Gasteiger partial charge in [0.2, 0.25) is 5.91 Å². The fourth-order valence-corrected chi connectivity index (χ4v) is 4.42. The van der Waals surface area contributed by atoms with Gasteiger partial charge in [0.1, 0.15) is 11.8 Å². The molecule has 3 fully saturated rings. The van der Waals surface area contributed by atoms with Crippen molar-refractivity contribution in [2.75, 3.05) is 76.3 Å². The van der Waals surface area contributed by atoms with Gasteiger partial charge >= 0.3 is 6.09 Å². The highest BCUT2D eigenvalue weighted by atomic mass is 19.1. The Bertz CT molecular complexity index is 1190. The molecule has 2 saturated heterocycles. The Hall–Kier alpha value is -4.17. The van der Waals surface area contributed by atoms with Crippen molar-refractivity contribution in [2.24, 2.45) is 5.92 Å². The van der Waals surface area contributed by atoms with Crippen molar-refractivity contribution >= 4 is 36.1 Å². The minimum absolute atomic E-state index is 0.0397. The third kappa shape index (κ3) is 10.3. The quantitative estimate of drug-likeness (QED) is 0.387. The van der Waals surface area contributed by atoms with Crippen LogP contribution in [0.15, 0.2) is 36.7 Å². The largest absolute Gasteiger partial charge is 0.468 e. The lowest BCUT2D eigenvalue weighted by Gasteiger charge is -2.36. The number of hydrogen-bond donors (Lipinski definition) is 2. The van der Waals surface area contributed by atoms with E-state index >= 15 is 0 Å². The van der Waals surface area contributed by atoms with E-state index in [9.17, 15) is 28.0 Å². The van der Waals surface area contributed by atoms with E-state index in [0.29, 0.717) is 57.3 Å². The molecule has 3 heterocycles. The Kier molecular flexibility index (Phi) is 13.2. The third-order valence-corrected chi connectivity index (χ3v) is 6.81. The maximum Gasteiger partial charge on any atom is 0.414 e. The van der Waals surface area contributed by atoms with Crippen LogP contribution in [0.3, 0.4) is 0 Å². The Morgan fingerprint density at radius 2 is 1.81 bits per heavy atom. The second-order valence-corrected chi connectivity index (χ2v) is 10.1. The molecule has 2 aliphatic heterocycles. The Labute approximate surface area is 249 Å². The van der Waals surface area contributed by atoms with Crippen LogP contribution in [-0.2, 0) is 19.1 Å². The minimum atomic E-state index is -0.741. The fourth-order valence-electron chi connectivity index (χ4n) is 4.42. The molecule has 0 spiro atoms. The number of aromatic nitrogens is 1. The van der Waals surface area contributed by atoms with Gasteiger partial charge in [-0.2, -0.15) is 0 Å². The number of nitrogens with one attached hydrogen (secondary N) is 2. The number of amides is 2. The number of piperazine rings is 1. The Balaban J connectivity index is 0.000000273. The van der Waals surface area contributed by atoms with Gasteiger partial charge in [-0.3, -0.25) is 24.3 Å². The molecule has 12 nitrogen and oxygen atoms in total. The zero-order chi connectivity index (χ0) is 31.2. The molecule has 0 radical (unpaired) electrons. The second-order valence-electron chi connectivity index (χ2n) is 10.1. The number of anilines is 2. The number of benzene rings is 1. The molecule has 1 unspecified atom stereocenters. The smallest absolute Gasteiger partial charge is 0.414 e. The van der Waals surface area contributed by atoms with Gasteiger partial charge in [0.15, 0.2) is 17.9 Å². The molecule has 2 aromatic rings. The zero-order valence-corrected chi connectivity index (χ0v) is 24.3. The molecule has 1 atom stereocenters. The lowest BCUT2D eigenvalue weighted by atomic mass is 10.2. The first-order valence-corrected chi connectivity index (χ1v) is 14.0. The Morgan fingerprint density at radius 3 is 2.33 bits per heavy atom. The summed E-state index contributed by atoms with van der Waals surface area (Å²) in [7, 11) is 3.42. The normalized spacial score (nSPS) is 17.6. The highest BCUT2D eigenvalue weighted by molar-refractivity contribution is 5.90. The number of rotatable bonds is 10. The number of cyclic esters (lactones) is 1. The van der Waals surface area contributed by atoms with Crippen molar-refractivity contribution in [2.45, 2.75) is 18.9 Å². The standard InChI is InChI=1S/C18H25F2N5O3.C6H5NO.C5H8O2/c1-21-9-13-11-25(18(27)28-13)12-7-14(19)17(15(20)8-12)24-5-3-23(4-6-24)16(26)10-22-2;8-5-6-2-1-3-7-4-6;6-4-7-3-5-1-2-5/h7-8,13,21-22H,3-6,9-11H2,1-2H3;1-5H;4-5H,1-3H2. The van der Waals surface area contributed by atoms with Crippen molar-refractivity contribution in [3.63, 3.8) is 0 Å². The predicted molar refractivity (Wildman–Crippen MR) is 155 cm³/mol. The number of hydrogen-bond acceptors (Lipinski definition) is 10. The summed E-state index contributed by atoms with van der Waals surface area (Å²) in [5.74, 6) is -0.822. The molecule has 43 heavy (non-hydrogen) atoms. The van der Waals surface area contributed by atoms with Crippen molar-refractivity contribution in [3.8, 4) is 0 Å². The minimum Gasteiger partial charge on any atom is -0.468 e. The molecule has 2 amide bonds. The summed E-state index contributed by atoms with van der Waals surface area (Å²) in [6.45, 7) is 3.53. The molecule has 0 bridgehead atoms. The van der Waals surface area contributed by atoms with Crippen molar-refractivity contribution in [1.82, 2.24) is 20.5 Å². The number of nitrogens with zero attached hydrogens (tertiary/aromatic N) is 4. The molecule has 1 aliphatic carbocycles. The molecular formula is C29H38F2N6O6. The second kappa shape index (κ2) is 17.1. The van der Waals surface area contributed by atoms with Crippen LogP contribution in [0.5, 0.6) is 0 Å². The van der Waals surface area contributed by atoms with Crippen LogP contribution < -0.4 is 20.4 Å². The number of ether oxygens (including phenoxy) is 2. The summed E-state index contributed by atoms with van der Waals surface area (Å²) in [6, 6.07) is 5.74. The van der Waals surface area contributed by atoms with Gasteiger partial charge in [-0.1, -0.05) is 0 Å². The van der Waals surface area contributed by atoms with E-state index in [1.165, 1.54) is 23.9 Å². The first kappa shape index (κ1) is 33.3. The summed E-state index contributed by atoms with van der Waals surface area (Å²) in [5, 5.41) is 5.71. The van der Waals surface area contributed by atoms with E-state index in [1.807, 2.05) is 0 Å². The lowest BCUT2D eigenvalue weighted by Crippen LogP contribution is -2.51. The van der Waals surface area contributed by atoms with E-state index in [-0.39, 0.29) is 36.5 Å². The van der Waals surface area contributed by atoms with Crippen LogP contribution in [0.1, 0.15) is 23.2 Å². The average Bonchev–Trinajstić information content (AvgIpc) is 3.77. The molecule has 234 valence electrons. The molecular weight excluding hydrogens is 566 g/mol. The molecule has 1 aromatic heterocycles. The predicted octanol–water partition coefficient (Wildman–Crippen LogP) is 1.84. The SMILES string of the molecule is CNCC(=O)N1CCN(c2c(F)cc(N3CC(CNC)OC3=O)cc2F)CC1.O=COCC1CC1.O=Cc1cccnc1. The lowest BCUT2D eigenvalue weighted by molar-refractivity contribution is -0.130. The van der Waals surface area contributed by atoms with Crippen molar-refractivity contribution in [1.29, 1.82) is 0 Å². The van der Waals surface area contributed by atoms with Crippen molar-refractivity contribution in [3.05, 3.63) is 53.9 Å². The molecule has 1 aromatic carbocycles. The van der Waals surface area contributed by atoms with Gasteiger partial charge in [-0.05, 0) is 45.0 Å². The maximum atomic E-state index is 14.7. The fraction of sp³-hybridized carbons (Fsp3) is 0.483. The molecule has 3 aliphatic rings. The van der Waals surface area contributed by atoms with E-state index in [0.717, 1.165) is 18.4 Å². The average molecular weight is 605 g/mol. The molecule has 14 heteroatoms. The molecule has 1 saturated carbocycles. The van der Waals surface area contributed by atoms with E-state index in [4.69, 9.17) is 4.74 Å². The zero-order valence-electron chi connectivity index (χ0n) is 24.3. The van der Waals surface area contributed by atoms with Crippen LogP contribution in [-0.4, -0.2) is 107 Å². The van der Waals surface area contributed by atoms with Gasteiger partial charge in [0, 0.05) is 62.8 Å². The van der Waals surface area contributed by atoms with Gasteiger partial charge in [0.25, 0.3) is 6.47 Å². The number of likely N-dealkylation sites (N-methyl/N-ethyl adjacent to an activating group) is 2. The topological polar surface area (TPSA) is 133 Å². The van der Waals surface area contributed by atoms with Gasteiger partial charge < -0.3 is 29.9 Å². The maximum absolute atomic E-state index is 14.7. The van der Waals surface area contributed by atoms with Crippen LogP contribution in [0.4, 0.5) is 25.0 Å². The van der Waals surface area contributed by atoms with Crippen LogP contribution in [0.2, 0.25) is 0 Å². The van der Waals surface area contributed by atoms with Crippen LogP contribution in [0, 0.1) is 17.6 Å². The van der Waals surface area contributed by atoms with E-state index < -0.39 is 17.7 Å². The summed E-state index contributed by atoms with van der Waals surface area (Å²) in [5.41, 5.74) is 0.612. The number of carbonyl (C=O) groups is 4. The summed E-state index contributed by atoms with van der Waals surface area (Å²) >= 11 is 0. The van der Waals surface area contributed by atoms with Gasteiger partial charge in [0.05, 0.1) is 25.4 Å². The third-order valence-electron chi connectivity index (χ3n) is 6.81. The molecule has 2 N–H and O–H groups in total. The first-order valence-electron chi connectivity index (χ1n) is 14.0. The molecule has 5 rings (SSSR count).